The molecule has 0 spiro atoms. The summed E-state index contributed by atoms with van der Waals surface area (Å²) in [7, 11) is 0.764. The molecule has 1 aromatic carbocycles. The van der Waals surface area contributed by atoms with E-state index in [1.807, 2.05) is 46.8 Å². The van der Waals surface area contributed by atoms with Crippen molar-refractivity contribution in [3.05, 3.63) is 40.4 Å². The highest BCUT2D eigenvalue weighted by Crippen LogP contribution is 2.38. The van der Waals surface area contributed by atoms with E-state index in [1.165, 1.54) is 14.0 Å². The summed E-state index contributed by atoms with van der Waals surface area (Å²) in [6, 6.07) is 5.42. The van der Waals surface area contributed by atoms with E-state index in [-0.39, 0.29) is 18.4 Å². The van der Waals surface area contributed by atoms with Gasteiger partial charge in [-0.15, -0.1) is 0 Å². The Morgan fingerprint density at radius 2 is 1.78 bits per heavy atom. The van der Waals surface area contributed by atoms with Crippen molar-refractivity contribution in [3.8, 4) is 0 Å². The first-order chi connectivity index (χ1) is 12.5. The molecule has 1 aliphatic heterocycles. The van der Waals surface area contributed by atoms with Crippen molar-refractivity contribution in [2.45, 2.75) is 52.7 Å². The molecular formula is C20H28BNO5. The number of nitrogens with one attached hydrogen (secondary N) is 1. The third-order valence-electron chi connectivity index (χ3n) is 5.22. The number of carbonyl (C=O) groups excluding carboxylic acids is 2. The van der Waals surface area contributed by atoms with Crippen LogP contribution < -0.4 is 5.32 Å². The highest BCUT2D eigenvalue weighted by Gasteiger charge is 2.52. The van der Waals surface area contributed by atoms with Gasteiger partial charge in [-0.3, -0.25) is 4.79 Å². The highest BCUT2D eigenvalue weighted by molar-refractivity contribution is 6.56. The zero-order valence-corrected chi connectivity index (χ0v) is 17.1. The van der Waals surface area contributed by atoms with Crippen LogP contribution in [0.5, 0.6) is 0 Å². The second kappa shape index (κ2) is 7.86. The summed E-state index contributed by atoms with van der Waals surface area (Å²) in [4.78, 5) is 23.4. The number of ether oxygens (including phenoxy) is 1. The molecule has 7 heteroatoms. The van der Waals surface area contributed by atoms with Crippen LogP contribution in [0.25, 0.3) is 6.08 Å². The van der Waals surface area contributed by atoms with Gasteiger partial charge < -0.3 is 19.4 Å². The van der Waals surface area contributed by atoms with Crippen molar-refractivity contribution in [2.75, 3.05) is 13.7 Å². The Balaban J connectivity index is 2.43. The van der Waals surface area contributed by atoms with E-state index >= 15 is 0 Å². The van der Waals surface area contributed by atoms with E-state index in [9.17, 15) is 9.59 Å². The van der Waals surface area contributed by atoms with Gasteiger partial charge in [-0.25, -0.2) is 4.79 Å². The molecule has 1 fully saturated rings. The first-order valence-corrected chi connectivity index (χ1v) is 8.97. The summed E-state index contributed by atoms with van der Waals surface area (Å²) in [5, 5.41) is 2.81. The quantitative estimate of drug-likeness (QED) is 0.635. The number of hydrogen-bond acceptors (Lipinski definition) is 5. The zero-order valence-electron chi connectivity index (χ0n) is 17.1. The predicted molar refractivity (Wildman–Crippen MR) is 105 cm³/mol. The number of rotatable bonds is 5. The molecule has 0 radical (unpaired) electrons. The first-order valence-electron chi connectivity index (χ1n) is 8.97. The molecule has 0 atom stereocenters. The summed E-state index contributed by atoms with van der Waals surface area (Å²) in [6.07, 6.45) is 1.90. The molecule has 1 saturated heterocycles. The SMILES string of the molecule is COC(=O)c1cccc(C=C(CNC(C)=O)B2OC(C)(C)C(C)(C)O2)c1C. The van der Waals surface area contributed by atoms with Gasteiger partial charge in [0.05, 0.1) is 23.9 Å². The number of amides is 1. The highest BCUT2D eigenvalue weighted by atomic mass is 16.7. The number of methoxy groups -OCH3 is 1. The molecule has 0 unspecified atom stereocenters. The predicted octanol–water partition coefficient (Wildman–Crippen LogP) is 2.93. The van der Waals surface area contributed by atoms with Crippen LogP contribution in [-0.2, 0) is 18.8 Å². The van der Waals surface area contributed by atoms with Crippen molar-refractivity contribution in [3.63, 3.8) is 0 Å². The molecule has 1 amide bonds. The number of carbonyl (C=O) groups is 2. The molecule has 2 rings (SSSR count). The van der Waals surface area contributed by atoms with E-state index in [4.69, 9.17) is 14.0 Å². The lowest BCUT2D eigenvalue weighted by Crippen LogP contribution is -2.41. The topological polar surface area (TPSA) is 73.9 Å². The van der Waals surface area contributed by atoms with Crippen LogP contribution in [0, 0.1) is 6.92 Å². The lowest BCUT2D eigenvalue weighted by molar-refractivity contribution is -0.118. The normalized spacial score (nSPS) is 18.3. The summed E-state index contributed by atoms with van der Waals surface area (Å²) >= 11 is 0. The average Bonchev–Trinajstić information content (AvgIpc) is 2.79. The summed E-state index contributed by atoms with van der Waals surface area (Å²) in [5.41, 5.74) is 1.92. The largest absolute Gasteiger partial charge is 0.492 e. The number of benzene rings is 1. The van der Waals surface area contributed by atoms with Crippen LogP contribution in [0.2, 0.25) is 0 Å². The molecule has 27 heavy (non-hydrogen) atoms. The van der Waals surface area contributed by atoms with Crippen molar-refractivity contribution in [1.29, 1.82) is 0 Å². The first kappa shape index (κ1) is 21.2. The Kier molecular flexibility index (Phi) is 6.17. The zero-order chi connectivity index (χ0) is 20.4. The minimum Gasteiger partial charge on any atom is -0.465 e. The van der Waals surface area contributed by atoms with Gasteiger partial charge >= 0.3 is 13.1 Å². The molecule has 6 nitrogen and oxygen atoms in total. The third-order valence-corrected chi connectivity index (χ3v) is 5.22. The van der Waals surface area contributed by atoms with Crippen molar-refractivity contribution < 1.29 is 23.6 Å². The molecule has 0 saturated carbocycles. The molecular weight excluding hydrogens is 345 g/mol. The molecule has 0 aromatic heterocycles. The Labute approximate surface area is 161 Å². The second-order valence-electron chi connectivity index (χ2n) is 7.73. The van der Waals surface area contributed by atoms with Crippen LogP contribution in [0.3, 0.4) is 0 Å². The van der Waals surface area contributed by atoms with Gasteiger partial charge in [-0.2, -0.15) is 0 Å². The number of hydrogen-bond donors (Lipinski definition) is 1. The molecule has 0 aliphatic carbocycles. The molecule has 146 valence electrons. The second-order valence-corrected chi connectivity index (χ2v) is 7.73. The van der Waals surface area contributed by atoms with Gasteiger partial charge in [0.1, 0.15) is 0 Å². The van der Waals surface area contributed by atoms with E-state index in [0.717, 1.165) is 16.6 Å². The van der Waals surface area contributed by atoms with Crippen molar-refractivity contribution in [1.82, 2.24) is 5.32 Å². The Hall–Kier alpha value is -2.12. The fourth-order valence-electron chi connectivity index (χ4n) is 2.76. The standard InChI is InChI=1S/C20H28BNO5/c1-13-15(9-8-10-17(13)18(24)25-7)11-16(12-22-14(2)23)21-26-19(3,4)20(5,6)27-21/h8-11H,12H2,1-7H3,(H,22,23). The maximum absolute atomic E-state index is 12.0. The van der Waals surface area contributed by atoms with Gasteiger partial charge in [0.15, 0.2) is 0 Å². The van der Waals surface area contributed by atoms with Crippen LogP contribution in [0.1, 0.15) is 56.1 Å². The maximum Gasteiger partial charge on any atom is 0.492 e. The fraction of sp³-hybridized carbons (Fsp3) is 0.500. The van der Waals surface area contributed by atoms with Crippen molar-refractivity contribution >= 4 is 25.1 Å². The van der Waals surface area contributed by atoms with Gasteiger partial charge in [0, 0.05) is 13.5 Å². The van der Waals surface area contributed by atoms with E-state index in [1.54, 1.807) is 12.1 Å². The van der Waals surface area contributed by atoms with Crippen LogP contribution in [0.15, 0.2) is 23.7 Å². The minimum atomic E-state index is -0.594. The number of esters is 1. The van der Waals surface area contributed by atoms with E-state index < -0.39 is 18.3 Å². The Morgan fingerprint density at radius 3 is 2.30 bits per heavy atom. The molecule has 1 heterocycles. The van der Waals surface area contributed by atoms with E-state index in [2.05, 4.69) is 5.32 Å². The summed E-state index contributed by atoms with van der Waals surface area (Å²) in [6.45, 7) is 11.5. The third kappa shape index (κ3) is 4.60. The minimum absolute atomic E-state index is 0.141. The van der Waals surface area contributed by atoms with Crippen LogP contribution in [0.4, 0.5) is 0 Å². The van der Waals surface area contributed by atoms with Gasteiger partial charge in [-0.1, -0.05) is 18.2 Å². The van der Waals surface area contributed by atoms with Crippen LogP contribution in [-0.4, -0.2) is 43.9 Å². The van der Waals surface area contributed by atoms with Crippen molar-refractivity contribution in [2.24, 2.45) is 0 Å². The smallest absolute Gasteiger partial charge is 0.465 e. The molecule has 1 N–H and O–H groups in total. The average molecular weight is 373 g/mol. The molecule has 0 bridgehead atoms. The van der Waals surface area contributed by atoms with Crippen LogP contribution >= 0.6 is 0 Å². The van der Waals surface area contributed by atoms with Gasteiger partial charge in [-0.05, 0) is 57.3 Å². The van der Waals surface area contributed by atoms with Gasteiger partial charge in [0.2, 0.25) is 5.91 Å². The lowest BCUT2D eigenvalue weighted by atomic mass is 9.76. The monoisotopic (exact) mass is 373 g/mol. The molecule has 1 aliphatic rings. The summed E-state index contributed by atoms with van der Waals surface area (Å²) in [5.74, 6) is -0.528. The Morgan fingerprint density at radius 1 is 1.19 bits per heavy atom. The summed E-state index contributed by atoms with van der Waals surface area (Å²) < 4.78 is 17.1. The fourth-order valence-corrected chi connectivity index (χ4v) is 2.76. The lowest BCUT2D eigenvalue weighted by Gasteiger charge is -2.32. The Bertz CT molecular complexity index is 754. The maximum atomic E-state index is 12.0. The molecule has 1 aromatic rings. The van der Waals surface area contributed by atoms with E-state index in [0.29, 0.717) is 5.56 Å². The van der Waals surface area contributed by atoms with Gasteiger partial charge in [0.25, 0.3) is 0 Å².